The van der Waals surface area contributed by atoms with Gasteiger partial charge in [0.15, 0.2) is 4.77 Å². The summed E-state index contributed by atoms with van der Waals surface area (Å²) in [6.07, 6.45) is 4.59. The summed E-state index contributed by atoms with van der Waals surface area (Å²) in [6, 6.07) is 0. The van der Waals surface area contributed by atoms with Gasteiger partial charge in [0, 0.05) is 18.4 Å². The predicted molar refractivity (Wildman–Crippen MR) is 58.6 cm³/mol. The normalized spacial score (nSPS) is 10.7. The summed E-state index contributed by atoms with van der Waals surface area (Å²) in [6.45, 7) is 4.39. The maximum absolute atomic E-state index is 5.20. The third-order valence-corrected chi connectivity index (χ3v) is 2.68. The fraction of sp³-hybridized carbons (Fsp3) is 0.700. The quantitative estimate of drug-likeness (QED) is 0.738. The molecule has 0 bridgehead atoms. The van der Waals surface area contributed by atoms with Crippen molar-refractivity contribution in [2.24, 2.45) is 7.05 Å². The first-order chi connectivity index (χ1) is 6.20. The van der Waals surface area contributed by atoms with Crippen LogP contribution in [0, 0.1) is 4.77 Å². The molecule has 13 heavy (non-hydrogen) atoms. The van der Waals surface area contributed by atoms with Gasteiger partial charge in [0.05, 0.1) is 0 Å². The van der Waals surface area contributed by atoms with Crippen LogP contribution in [-0.2, 0) is 19.9 Å². The number of aromatic nitrogens is 2. The van der Waals surface area contributed by atoms with E-state index < -0.39 is 0 Å². The van der Waals surface area contributed by atoms with Crippen molar-refractivity contribution < 1.29 is 0 Å². The minimum absolute atomic E-state index is 0.854. The molecule has 3 heteroatoms. The van der Waals surface area contributed by atoms with Crippen LogP contribution >= 0.6 is 12.2 Å². The van der Waals surface area contributed by atoms with E-state index in [-0.39, 0.29) is 0 Å². The largest absolute Gasteiger partial charge is 0.334 e. The van der Waals surface area contributed by atoms with Gasteiger partial charge in [-0.1, -0.05) is 26.7 Å². The lowest BCUT2D eigenvalue weighted by Gasteiger charge is -2.03. The van der Waals surface area contributed by atoms with Gasteiger partial charge in [-0.3, -0.25) is 0 Å². The van der Waals surface area contributed by atoms with Crippen LogP contribution in [0.15, 0.2) is 0 Å². The van der Waals surface area contributed by atoms with Crippen molar-refractivity contribution in [1.29, 1.82) is 0 Å². The van der Waals surface area contributed by atoms with E-state index in [9.17, 15) is 0 Å². The number of nitrogens with zero attached hydrogens (tertiary/aromatic N) is 1. The number of hydrogen-bond donors (Lipinski definition) is 1. The number of rotatable bonds is 4. The monoisotopic (exact) mass is 198 g/mol. The lowest BCUT2D eigenvalue weighted by Crippen LogP contribution is -1.99. The van der Waals surface area contributed by atoms with Crippen molar-refractivity contribution >= 4 is 12.2 Å². The summed E-state index contributed by atoms with van der Waals surface area (Å²) in [7, 11) is 2.04. The van der Waals surface area contributed by atoms with E-state index in [2.05, 4.69) is 23.4 Å². The zero-order valence-corrected chi connectivity index (χ0v) is 9.50. The van der Waals surface area contributed by atoms with Crippen LogP contribution in [0.25, 0.3) is 0 Å². The molecular formula is C10H18N2S. The Balaban J connectivity index is 3.03. The minimum Gasteiger partial charge on any atom is -0.334 e. The summed E-state index contributed by atoms with van der Waals surface area (Å²) >= 11 is 5.20. The van der Waals surface area contributed by atoms with E-state index in [1.165, 1.54) is 24.2 Å². The summed E-state index contributed by atoms with van der Waals surface area (Å²) in [4.78, 5) is 3.28. The molecule has 0 atom stereocenters. The predicted octanol–water partition coefficient (Wildman–Crippen LogP) is 2.99. The van der Waals surface area contributed by atoms with Gasteiger partial charge in [-0.25, -0.2) is 0 Å². The SMILES string of the molecule is CCCc1[nH]c(=S)n(C)c1CCC. The van der Waals surface area contributed by atoms with Crippen molar-refractivity contribution in [3.8, 4) is 0 Å². The second-order valence-electron chi connectivity index (χ2n) is 3.41. The molecule has 0 unspecified atom stereocenters. The van der Waals surface area contributed by atoms with E-state index in [0.717, 1.165) is 17.6 Å². The maximum Gasteiger partial charge on any atom is 0.177 e. The third kappa shape index (κ3) is 2.21. The van der Waals surface area contributed by atoms with Gasteiger partial charge in [-0.15, -0.1) is 0 Å². The van der Waals surface area contributed by atoms with Crippen LogP contribution in [0.1, 0.15) is 38.1 Å². The van der Waals surface area contributed by atoms with E-state index in [4.69, 9.17) is 12.2 Å². The van der Waals surface area contributed by atoms with Gasteiger partial charge in [0.1, 0.15) is 0 Å². The maximum atomic E-state index is 5.20. The molecule has 0 radical (unpaired) electrons. The molecule has 0 aliphatic heterocycles. The average Bonchev–Trinajstić information content (AvgIpc) is 2.34. The Kier molecular flexibility index (Phi) is 3.72. The molecule has 1 aromatic rings. The second kappa shape index (κ2) is 4.61. The molecule has 0 saturated heterocycles. The highest BCUT2D eigenvalue weighted by atomic mass is 32.1. The number of aromatic amines is 1. The zero-order valence-electron chi connectivity index (χ0n) is 8.68. The molecule has 1 heterocycles. The lowest BCUT2D eigenvalue weighted by atomic mass is 10.1. The van der Waals surface area contributed by atoms with Crippen molar-refractivity contribution in [3.05, 3.63) is 16.2 Å². The van der Waals surface area contributed by atoms with Gasteiger partial charge in [-0.2, -0.15) is 0 Å². The number of H-pyrrole nitrogens is 1. The molecule has 1 N–H and O–H groups in total. The Morgan fingerprint density at radius 2 is 1.85 bits per heavy atom. The highest BCUT2D eigenvalue weighted by molar-refractivity contribution is 7.71. The van der Waals surface area contributed by atoms with Gasteiger partial charge in [-0.05, 0) is 25.1 Å². The topological polar surface area (TPSA) is 20.7 Å². The molecule has 0 spiro atoms. The fourth-order valence-electron chi connectivity index (χ4n) is 1.62. The lowest BCUT2D eigenvalue weighted by molar-refractivity contribution is 0.761. The number of aryl methyl sites for hydroxylation is 1. The van der Waals surface area contributed by atoms with Crippen molar-refractivity contribution in [2.45, 2.75) is 39.5 Å². The van der Waals surface area contributed by atoms with E-state index >= 15 is 0 Å². The number of nitrogens with one attached hydrogen (secondary N) is 1. The Hall–Kier alpha value is -0.570. The van der Waals surface area contributed by atoms with E-state index in [0.29, 0.717) is 0 Å². The number of hydrogen-bond acceptors (Lipinski definition) is 1. The first kappa shape index (κ1) is 10.5. The van der Waals surface area contributed by atoms with Crippen LogP contribution in [0.2, 0.25) is 0 Å². The summed E-state index contributed by atoms with van der Waals surface area (Å²) in [5.41, 5.74) is 2.71. The highest BCUT2D eigenvalue weighted by Crippen LogP contribution is 2.12. The Bertz CT molecular complexity index is 322. The molecule has 1 aromatic heterocycles. The molecule has 0 aromatic carbocycles. The van der Waals surface area contributed by atoms with Gasteiger partial charge in [0.25, 0.3) is 0 Å². The van der Waals surface area contributed by atoms with Crippen molar-refractivity contribution in [2.75, 3.05) is 0 Å². The molecule has 0 amide bonds. The van der Waals surface area contributed by atoms with Crippen molar-refractivity contribution in [3.63, 3.8) is 0 Å². The molecule has 0 aliphatic carbocycles. The van der Waals surface area contributed by atoms with E-state index in [1.54, 1.807) is 0 Å². The molecule has 74 valence electrons. The molecule has 0 saturated carbocycles. The summed E-state index contributed by atoms with van der Waals surface area (Å²) in [5.74, 6) is 0. The Labute approximate surface area is 85.0 Å². The van der Waals surface area contributed by atoms with Gasteiger partial charge in [0.2, 0.25) is 0 Å². The smallest absolute Gasteiger partial charge is 0.177 e. The van der Waals surface area contributed by atoms with Crippen LogP contribution in [0.3, 0.4) is 0 Å². The van der Waals surface area contributed by atoms with E-state index in [1.807, 2.05) is 7.05 Å². The van der Waals surface area contributed by atoms with Crippen LogP contribution < -0.4 is 0 Å². The Morgan fingerprint density at radius 3 is 2.38 bits per heavy atom. The second-order valence-corrected chi connectivity index (χ2v) is 3.80. The highest BCUT2D eigenvalue weighted by Gasteiger charge is 2.06. The van der Waals surface area contributed by atoms with Crippen LogP contribution in [0.5, 0.6) is 0 Å². The molecule has 0 fully saturated rings. The average molecular weight is 198 g/mol. The summed E-state index contributed by atoms with van der Waals surface area (Å²) < 4.78 is 2.95. The molecule has 2 nitrogen and oxygen atoms in total. The third-order valence-electron chi connectivity index (χ3n) is 2.30. The van der Waals surface area contributed by atoms with Crippen molar-refractivity contribution in [1.82, 2.24) is 9.55 Å². The van der Waals surface area contributed by atoms with Gasteiger partial charge < -0.3 is 9.55 Å². The number of imidazole rings is 1. The fourth-order valence-corrected chi connectivity index (χ4v) is 1.86. The summed E-state index contributed by atoms with van der Waals surface area (Å²) in [5, 5.41) is 0. The standard InChI is InChI=1S/C10H18N2S/c1-4-6-8-9(7-5-2)12(3)10(13)11-8/h4-7H2,1-3H3,(H,11,13). The van der Waals surface area contributed by atoms with Crippen LogP contribution in [0.4, 0.5) is 0 Å². The molecule has 1 rings (SSSR count). The Morgan fingerprint density at radius 1 is 1.23 bits per heavy atom. The first-order valence-electron chi connectivity index (χ1n) is 4.97. The zero-order chi connectivity index (χ0) is 9.84. The van der Waals surface area contributed by atoms with Gasteiger partial charge >= 0.3 is 0 Å². The molecule has 0 aliphatic rings. The minimum atomic E-state index is 0.854. The first-order valence-corrected chi connectivity index (χ1v) is 5.38. The molecular weight excluding hydrogens is 180 g/mol. The van der Waals surface area contributed by atoms with Crippen LogP contribution in [-0.4, -0.2) is 9.55 Å².